The first-order valence-electron chi connectivity index (χ1n) is 3.08. The third kappa shape index (κ3) is 3.71. The number of carboxylic acids is 1. The molecular formula is C7H7ClFNO3. The molecule has 0 heterocycles. The van der Waals surface area contributed by atoms with E-state index in [1.807, 2.05) is 0 Å². The number of hydrogen-bond donors (Lipinski definition) is 2. The zero-order chi connectivity index (χ0) is 10.6. The average Bonchev–Trinajstić information content (AvgIpc) is 2.02. The molecule has 0 aromatic rings. The van der Waals surface area contributed by atoms with Gasteiger partial charge in [-0.2, -0.15) is 4.99 Å². The number of nitrogens with zero attached hydrogens (tertiary/aromatic N) is 1. The molecule has 0 saturated carbocycles. The minimum Gasteiger partial charge on any atom is -0.491 e. The maximum Gasteiger partial charge on any atom is 0.338 e. The van der Waals surface area contributed by atoms with Gasteiger partial charge in [0.05, 0.1) is 5.57 Å². The molecule has 72 valence electrons. The lowest BCUT2D eigenvalue weighted by Crippen LogP contribution is -2.06. The van der Waals surface area contributed by atoms with Gasteiger partial charge in [0.15, 0.2) is 5.83 Å². The first-order valence-corrected chi connectivity index (χ1v) is 3.46. The normalized spacial score (nSPS) is 13.6. The van der Waals surface area contributed by atoms with Crippen LogP contribution in [0.2, 0.25) is 0 Å². The van der Waals surface area contributed by atoms with Gasteiger partial charge in [0.1, 0.15) is 5.17 Å². The van der Waals surface area contributed by atoms with E-state index in [-0.39, 0.29) is 0 Å². The first kappa shape index (κ1) is 11.6. The molecule has 0 saturated heterocycles. The number of hydrogen-bond acceptors (Lipinski definition) is 3. The molecule has 13 heavy (non-hydrogen) atoms. The summed E-state index contributed by atoms with van der Waals surface area (Å²) in [4.78, 5) is 13.3. The van der Waals surface area contributed by atoms with Crippen molar-refractivity contribution in [1.82, 2.24) is 0 Å². The molecule has 0 fully saturated rings. The van der Waals surface area contributed by atoms with Crippen molar-refractivity contribution in [2.24, 2.45) is 4.99 Å². The molecule has 4 nitrogen and oxygen atoms in total. The van der Waals surface area contributed by atoms with Gasteiger partial charge in [-0.15, -0.1) is 0 Å². The van der Waals surface area contributed by atoms with E-state index in [2.05, 4.69) is 11.6 Å². The van der Waals surface area contributed by atoms with Crippen LogP contribution in [-0.4, -0.2) is 21.4 Å². The SMILES string of the molecule is C=C(C(=O)O)C(Cl)=N/C(O)=C(\C)F. The number of halogens is 2. The van der Waals surface area contributed by atoms with Gasteiger partial charge in [0, 0.05) is 0 Å². The van der Waals surface area contributed by atoms with Crippen LogP contribution in [0.25, 0.3) is 0 Å². The highest BCUT2D eigenvalue weighted by Gasteiger charge is 2.10. The highest BCUT2D eigenvalue weighted by molar-refractivity contribution is 6.72. The number of carboxylic acid groups (broad SMARTS) is 1. The second kappa shape index (κ2) is 4.61. The summed E-state index contributed by atoms with van der Waals surface area (Å²) in [5.74, 6) is -3.32. The van der Waals surface area contributed by atoms with E-state index >= 15 is 0 Å². The summed E-state index contributed by atoms with van der Waals surface area (Å²) in [6.07, 6.45) is 0. The van der Waals surface area contributed by atoms with Crippen LogP contribution in [0, 0.1) is 0 Å². The molecular weight excluding hydrogens is 201 g/mol. The second-order valence-electron chi connectivity index (χ2n) is 2.04. The molecule has 0 aliphatic rings. The topological polar surface area (TPSA) is 69.9 Å². The summed E-state index contributed by atoms with van der Waals surface area (Å²) >= 11 is 5.27. The smallest absolute Gasteiger partial charge is 0.338 e. The lowest BCUT2D eigenvalue weighted by atomic mass is 10.3. The number of aliphatic imine (C=N–C) groups is 1. The maximum atomic E-state index is 12.2. The predicted molar refractivity (Wildman–Crippen MR) is 46.5 cm³/mol. The Hall–Kier alpha value is -1.36. The fourth-order valence-corrected chi connectivity index (χ4v) is 0.487. The summed E-state index contributed by atoms with van der Waals surface area (Å²) in [5.41, 5.74) is -0.519. The van der Waals surface area contributed by atoms with Gasteiger partial charge in [0.25, 0.3) is 0 Å². The fourth-order valence-electron chi connectivity index (χ4n) is 0.326. The molecule has 0 rings (SSSR count). The van der Waals surface area contributed by atoms with E-state index in [9.17, 15) is 9.18 Å². The van der Waals surface area contributed by atoms with Crippen molar-refractivity contribution in [3.8, 4) is 0 Å². The van der Waals surface area contributed by atoms with Crippen LogP contribution in [0.3, 0.4) is 0 Å². The van der Waals surface area contributed by atoms with E-state index < -0.39 is 28.4 Å². The van der Waals surface area contributed by atoms with Crippen LogP contribution in [0.4, 0.5) is 4.39 Å². The van der Waals surface area contributed by atoms with Crippen molar-refractivity contribution in [2.75, 3.05) is 0 Å². The average molecular weight is 208 g/mol. The lowest BCUT2D eigenvalue weighted by molar-refractivity contribution is -0.131. The van der Waals surface area contributed by atoms with Crippen LogP contribution in [0.1, 0.15) is 6.92 Å². The van der Waals surface area contributed by atoms with E-state index in [1.165, 1.54) is 0 Å². The number of aliphatic hydroxyl groups is 1. The molecule has 0 atom stereocenters. The summed E-state index contributed by atoms with van der Waals surface area (Å²) in [7, 11) is 0. The predicted octanol–water partition coefficient (Wildman–Crippen LogP) is 1.98. The first-order chi connectivity index (χ1) is 5.86. The minimum atomic E-state index is -1.39. The Kier molecular flexibility index (Phi) is 4.13. The zero-order valence-electron chi connectivity index (χ0n) is 6.71. The maximum absolute atomic E-state index is 12.2. The Morgan fingerprint density at radius 2 is 2.00 bits per heavy atom. The van der Waals surface area contributed by atoms with Crippen LogP contribution < -0.4 is 0 Å². The van der Waals surface area contributed by atoms with Crippen LogP contribution in [-0.2, 0) is 4.79 Å². The van der Waals surface area contributed by atoms with Crippen molar-refractivity contribution < 1.29 is 19.4 Å². The van der Waals surface area contributed by atoms with Crippen molar-refractivity contribution in [2.45, 2.75) is 6.92 Å². The molecule has 0 radical (unpaired) electrons. The Bertz CT molecular complexity index is 305. The van der Waals surface area contributed by atoms with E-state index in [4.69, 9.17) is 21.8 Å². The Labute approximate surface area is 78.7 Å². The van der Waals surface area contributed by atoms with E-state index in [0.29, 0.717) is 0 Å². The molecule has 0 aromatic heterocycles. The Morgan fingerprint density at radius 1 is 1.54 bits per heavy atom. The molecule has 0 spiro atoms. The summed E-state index contributed by atoms with van der Waals surface area (Å²) in [5, 5.41) is 16.5. The van der Waals surface area contributed by atoms with Gasteiger partial charge in [0.2, 0.25) is 5.88 Å². The summed E-state index contributed by atoms with van der Waals surface area (Å²) in [6.45, 7) is 4.00. The van der Waals surface area contributed by atoms with Gasteiger partial charge in [-0.05, 0) is 6.92 Å². The van der Waals surface area contributed by atoms with Crippen LogP contribution in [0.5, 0.6) is 0 Å². The van der Waals surface area contributed by atoms with Gasteiger partial charge in [-0.3, -0.25) is 0 Å². The largest absolute Gasteiger partial charge is 0.491 e. The van der Waals surface area contributed by atoms with E-state index in [0.717, 1.165) is 6.92 Å². The number of aliphatic carboxylic acids is 1. The Morgan fingerprint density at radius 3 is 2.31 bits per heavy atom. The van der Waals surface area contributed by atoms with Crippen molar-refractivity contribution in [1.29, 1.82) is 0 Å². The third-order valence-electron chi connectivity index (χ3n) is 1.02. The number of allylic oxidation sites excluding steroid dienone is 1. The molecule has 2 N–H and O–H groups in total. The van der Waals surface area contributed by atoms with E-state index in [1.54, 1.807) is 0 Å². The molecule has 6 heteroatoms. The highest BCUT2D eigenvalue weighted by atomic mass is 35.5. The molecule has 0 unspecified atom stereocenters. The molecule has 0 aliphatic heterocycles. The Balaban J connectivity index is 4.80. The lowest BCUT2D eigenvalue weighted by Gasteiger charge is -1.96. The third-order valence-corrected chi connectivity index (χ3v) is 1.33. The molecule has 0 aromatic carbocycles. The molecule has 0 bridgehead atoms. The standard InChI is InChI=1S/C7H7ClFNO3/c1-3(7(12)13)5(8)10-6(11)4(2)9/h11H,1H2,2H3,(H,12,13)/b6-4-,10-5?. The van der Waals surface area contributed by atoms with Crippen molar-refractivity contribution in [3.05, 3.63) is 23.9 Å². The number of rotatable bonds is 3. The molecule has 0 aliphatic carbocycles. The number of carbonyl (C=O) groups is 1. The quantitative estimate of drug-likeness (QED) is 0.422. The number of aliphatic hydroxyl groups excluding tert-OH is 1. The van der Waals surface area contributed by atoms with Crippen LogP contribution >= 0.6 is 11.6 Å². The monoisotopic (exact) mass is 207 g/mol. The zero-order valence-corrected chi connectivity index (χ0v) is 7.47. The summed E-state index contributed by atoms with van der Waals surface area (Å²) in [6, 6.07) is 0. The minimum absolute atomic E-state index is 0.519. The van der Waals surface area contributed by atoms with Crippen molar-refractivity contribution in [3.63, 3.8) is 0 Å². The second-order valence-corrected chi connectivity index (χ2v) is 2.40. The van der Waals surface area contributed by atoms with Gasteiger partial charge in [-0.1, -0.05) is 18.2 Å². The fraction of sp³-hybridized carbons (Fsp3) is 0.143. The van der Waals surface area contributed by atoms with Gasteiger partial charge in [-0.25, -0.2) is 9.18 Å². The van der Waals surface area contributed by atoms with Crippen molar-refractivity contribution >= 4 is 22.7 Å². The van der Waals surface area contributed by atoms with Gasteiger partial charge < -0.3 is 10.2 Å². The highest BCUT2D eigenvalue weighted by Crippen LogP contribution is 2.08. The summed E-state index contributed by atoms with van der Waals surface area (Å²) < 4.78 is 12.2. The molecule has 0 amide bonds. The van der Waals surface area contributed by atoms with Crippen LogP contribution in [0.15, 0.2) is 28.9 Å². The van der Waals surface area contributed by atoms with Gasteiger partial charge >= 0.3 is 5.97 Å².